The number of phenols is 2. The molecule has 7 N–H and O–H groups in total. The molecule has 0 aliphatic heterocycles. The Kier molecular flexibility index (Phi) is 19.1. The molecule has 0 fully saturated rings. The first kappa shape index (κ1) is 46.5. The van der Waals surface area contributed by atoms with Gasteiger partial charge in [-0.25, -0.2) is 4.79 Å². The predicted molar refractivity (Wildman–Crippen MR) is 210 cm³/mol. The van der Waals surface area contributed by atoms with Gasteiger partial charge in [0.2, 0.25) is 17.7 Å². The molecule has 0 spiro atoms. The fourth-order valence-corrected chi connectivity index (χ4v) is 6.58. The number of aromatic hydroxyl groups is 2. The van der Waals surface area contributed by atoms with Gasteiger partial charge in [0, 0.05) is 33.0 Å². The molecule has 0 aliphatic carbocycles. The van der Waals surface area contributed by atoms with Gasteiger partial charge in [0.1, 0.15) is 41.8 Å². The maximum atomic E-state index is 14.4. The van der Waals surface area contributed by atoms with Crippen molar-refractivity contribution in [3.63, 3.8) is 0 Å². The molecular formula is C41H63N5O9. The molecule has 0 bridgehead atoms. The number of hydrogen-bond donors (Lipinski definition) is 7. The van der Waals surface area contributed by atoms with E-state index in [1.807, 2.05) is 0 Å². The van der Waals surface area contributed by atoms with Gasteiger partial charge in [0.25, 0.3) is 5.91 Å². The number of benzene rings is 2. The summed E-state index contributed by atoms with van der Waals surface area (Å²) in [6.45, 7) is 9.12. The van der Waals surface area contributed by atoms with Crippen LogP contribution in [0, 0.1) is 11.8 Å². The number of carbonyl (C=O) groups excluding carboxylic acids is 4. The summed E-state index contributed by atoms with van der Waals surface area (Å²) in [5.41, 5.74) is 1.13. The van der Waals surface area contributed by atoms with E-state index >= 15 is 0 Å². The van der Waals surface area contributed by atoms with Crippen molar-refractivity contribution in [1.82, 2.24) is 25.8 Å². The molecule has 306 valence electrons. The highest BCUT2D eigenvalue weighted by Gasteiger charge is 2.40. The van der Waals surface area contributed by atoms with Gasteiger partial charge in [-0.05, 0) is 60.7 Å². The van der Waals surface area contributed by atoms with Crippen molar-refractivity contribution in [2.75, 3.05) is 21.1 Å². The molecule has 14 heteroatoms. The van der Waals surface area contributed by atoms with E-state index in [9.17, 15) is 44.4 Å². The lowest BCUT2D eigenvalue weighted by molar-refractivity contribution is -0.151. The Bertz CT molecular complexity index is 1530. The Morgan fingerprint density at radius 1 is 0.691 bits per heavy atom. The summed E-state index contributed by atoms with van der Waals surface area (Å²) in [5.74, 6) is -4.79. The highest BCUT2D eigenvalue weighted by Crippen LogP contribution is 2.21. The molecule has 6 atom stereocenters. The summed E-state index contributed by atoms with van der Waals surface area (Å²) in [6, 6.07) is 6.65. The number of amides is 4. The van der Waals surface area contributed by atoms with Crippen LogP contribution in [0.25, 0.3) is 0 Å². The van der Waals surface area contributed by atoms with Crippen molar-refractivity contribution in [2.45, 2.75) is 122 Å². The molecule has 0 aromatic heterocycles. The minimum atomic E-state index is -1.41. The average Bonchev–Trinajstić information content (AvgIpc) is 3.14. The summed E-state index contributed by atoms with van der Waals surface area (Å²) >= 11 is 0. The minimum absolute atomic E-state index is 0.00235. The van der Waals surface area contributed by atoms with Gasteiger partial charge in [-0.1, -0.05) is 91.0 Å². The zero-order chi connectivity index (χ0) is 41.4. The van der Waals surface area contributed by atoms with Crippen molar-refractivity contribution >= 4 is 29.6 Å². The Morgan fingerprint density at radius 3 is 1.69 bits per heavy atom. The number of aliphatic hydroxyl groups excluding tert-OH is 1. The Morgan fingerprint density at radius 2 is 1.22 bits per heavy atom. The van der Waals surface area contributed by atoms with Crippen LogP contribution in [0.4, 0.5) is 0 Å². The number of unbranched alkanes of at least 4 members (excludes halogenated alkanes) is 4. The van der Waals surface area contributed by atoms with Crippen molar-refractivity contribution in [3.05, 3.63) is 59.7 Å². The third kappa shape index (κ3) is 14.2. The van der Waals surface area contributed by atoms with Crippen LogP contribution in [-0.2, 0) is 36.8 Å². The minimum Gasteiger partial charge on any atom is -0.508 e. The number of nitrogens with one attached hydrogen (secondary N) is 3. The quantitative estimate of drug-likeness (QED) is 0.0822. The zero-order valence-corrected chi connectivity index (χ0v) is 33.6. The number of carboxylic acid groups (broad SMARTS) is 1. The fraction of sp³-hybridized carbons (Fsp3) is 0.585. The third-order valence-corrected chi connectivity index (χ3v) is 9.99. The highest BCUT2D eigenvalue weighted by atomic mass is 16.4. The standard InChI is InChI=1S/C41H63N5O9/c1-9-10-11-12-13-14-31(42-6)36(49)38(51)44-34(25(2)3)39(52)46(8)35(26(4)5)40(53)45(7)33(24-28-17-21-30(48)22-18-28)37(50)43-32(41(54)55)23-27-15-19-29(47)20-16-27/h15-22,25-26,31-36,42,47-49H,9-14,23-24H2,1-8H3,(H,43,50)(H,44,51)(H,54,55)/t31-,32-,33-,34-,35-,36-/m0/s1. The molecule has 2 aromatic rings. The van der Waals surface area contributed by atoms with Gasteiger partial charge >= 0.3 is 5.97 Å². The molecule has 0 saturated carbocycles. The van der Waals surface area contributed by atoms with E-state index < -0.39 is 77.7 Å². The third-order valence-electron chi connectivity index (χ3n) is 9.99. The molecule has 0 unspecified atom stereocenters. The first-order valence-electron chi connectivity index (χ1n) is 19.2. The van der Waals surface area contributed by atoms with Gasteiger partial charge in [0.15, 0.2) is 0 Å². The number of rotatable bonds is 23. The Hall–Kier alpha value is -4.69. The topological polar surface area (TPSA) is 209 Å². The Labute approximate surface area is 325 Å². The predicted octanol–water partition coefficient (Wildman–Crippen LogP) is 3.21. The monoisotopic (exact) mass is 769 g/mol. The second kappa shape index (κ2) is 22.6. The number of likely N-dealkylation sites (N-methyl/N-ethyl adjacent to an activating group) is 3. The van der Waals surface area contributed by atoms with Gasteiger partial charge in [0.05, 0.1) is 0 Å². The molecule has 4 amide bonds. The van der Waals surface area contributed by atoms with Gasteiger partial charge in [-0.2, -0.15) is 0 Å². The van der Waals surface area contributed by atoms with E-state index in [0.717, 1.165) is 32.1 Å². The number of carbonyl (C=O) groups is 5. The molecule has 2 aromatic carbocycles. The number of hydrogen-bond acceptors (Lipinski definition) is 9. The van der Waals surface area contributed by atoms with Gasteiger partial charge in [-0.3, -0.25) is 19.2 Å². The number of carboxylic acids is 1. The average molecular weight is 770 g/mol. The van der Waals surface area contributed by atoms with Crippen LogP contribution in [0.2, 0.25) is 0 Å². The van der Waals surface area contributed by atoms with Crippen LogP contribution in [0.5, 0.6) is 11.5 Å². The highest BCUT2D eigenvalue weighted by molar-refractivity contribution is 5.95. The van der Waals surface area contributed by atoms with Crippen LogP contribution < -0.4 is 16.0 Å². The van der Waals surface area contributed by atoms with Crippen LogP contribution in [0.15, 0.2) is 48.5 Å². The van der Waals surface area contributed by atoms with E-state index in [1.54, 1.807) is 59.0 Å². The first-order chi connectivity index (χ1) is 25.9. The maximum Gasteiger partial charge on any atom is 0.326 e. The summed E-state index contributed by atoms with van der Waals surface area (Å²) in [4.78, 5) is 70.6. The molecular weight excluding hydrogens is 706 g/mol. The van der Waals surface area contributed by atoms with Crippen LogP contribution in [-0.4, -0.2) is 117 Å². The molecule has 55 heavy (non-hydrogen) atoms. The van der Waals surface area contributed by atoms with Crippen molar-refractivity contribution in [1.29, 1.82) is 0 Å². The number of phenolic OH excluding ortho intramolecular Hbond substituents is 2. The van der Waals surface area contributed by atoms with Crippen molar-refractivity contribution < 1.29 is 44.4 Å². The van der Waals surface area contributed by atoms with Crippen molar-refractivity contribution in [3.8, 4) is 11.5 Å². The zero-order valence-electron chi connectivity index (χ0n) is 33.6. The number of nitrogens with zero attached hydrogens (tertiary/aromatic N) is 2. The summed E-state index contributed by atoms with van der Waals surface area (Å²) in [7, 11) is 4.54. The van der Waals surface area contributed by atoms with Gasteiger partial charge < -0.3 is 46.2 Å². The van der Waals surface area contributed by atoms with Crippen LogP contribution >= 0.6 is 0 Å². The fourth-order valence-electron chi connectivity index (χ4n) is 6.58. The molecule has 2 rings (SSSR count). The molecule has 0 heterocycles. The first-order valence-corrected chi connectivity index (χ1v) is 19.2. The van der Waals surface area contributed by atoms with Crippen molar-refractivity contribution in [2.24, 2.45) is 11.8 Å². The van der Waals surface area contributed by atoms with Crippen LogP contribution in [0.3, 0.4) is 0 Å². The summed E-state index contributed by atoms with van der Waals surface area (Å²) in [6.07, 6.45) is 4.13. The van der Waals surface area contributed by atoms with Crippen LogP contribution in [0.1, 0.15) is 84.3 Å². The smallest absolute Gasteiger partial charge is 0.326 e. The van der Waals surface area contributed by atoms with Gasteiger partial charge in [-0.15, -0.1) is 0 Å². The summed E-state index contributed by atoms with van der Waals surface area (Å²) < 4.78 is 0. The number of aliphatic hydroxyl groups is 1. The normalized spacial score (nSPS) is 14.7. The lowest BCUT2D eigenvalue weighted by Crippen LogP contribution is -2.61. The molecule has 14 nitrogen and oxygen atoms in total. The maximum absolute atomic E-state index is 14.4. The Balaban J connectivity index is 2.35. The van der Waals surface area contributed by atoms with E-state index in [-0.39, 0.29) is 24.3 Å². The lowest BCUT2D eigenvalue weighted by Gasteiger charge is -2.38. The second-order valence-electron chi connectivity index (χ2n) is 15.0. The lowest BCUT2D eigenvalue weighted by atomic mass is 9.95. The summed E-state index contributed by atoms with van der Waals surface area (Å²) in [5, 5.41) is 48.8. The second-order valence-corrected chi connectivity index (χ2v) is 15.0. The van der Waals surface area contributed by atoms with E-state index in [4.69, 9.17) is 0 Å². The van der Waals surface area contributed by atoms with E-state index in [0.29, 0.717) is 17.5 Å². The van der Waals surface area contributed by atoms with E-state index in [1.165, 1.54) is 48.2 Å². The molecule has 0 radical (unpaired) electrons. The van der Waals surface area contributed by atoms with E-state index in [2.05, 4.69) is 22.9 Å². The largest absolute Gasteiger partial charge is 0.508 e. The molecule has 0 saturated heterocycles. The SMILES string of the molecule is CCCCCCC[C@H](NC)[C@H](O)C(=O)N[C@H](C(=O)N(C)[C@H](C(=O)N(C)[C@@H](Cc1ccc(O)cc1)C(=O)N[C@@H](Cc1ccc(O)cc1)C(=O)O)C(C)C)C(C)C. The molecule has 0 aliphatic rings. The number of aliphatic carboxylic acids is 1.